The van der Waals surface area contributed by atoms with Gasteiger partial charge in [0.25, 0.3) is 0 Å². The fourth-order valence-corrected chi connectivity index (χ4v) is 2.33. The molecule has 1 unspecified atom stereocenters. The minimum atomic E-state index is -0.307. The lowest BCUT2D eigenvalue weighted by atomic mass is 10.2. The number of esters is 1. The molecule has 16 heavy (non-hydrogen) atoms. The first kappa shape index (κ1) is 13.0. The SMILES string of the molecule is CCC(C)N(C)c1nc(C)c(C(=O)OC)s1. The van der Waals surface area contributed by atoms with Crippen LogP contribution in [0.5, 0.6) is 0 Å². The van der Waals surface area contributed by atoms with Gasteiger partial charge in [-0.05, 0) is 20.3 Å². The molecular formula is C11H18N2O2S. The Bertz CT molecular complexity index is 376. The topological polar surface area (TPSA) is 42.4 Å². The molecule has 4 nitrogen and oxygen atoms in total. The van der Waals surface area contributed by atoms with Crippen molar-refractivity contribution in [2.75, 3.05) is 19.1 Å². The molecule has 0 saturated heterocycles. The molecule has 1 aromatic heterocycles. The predicted octanol–water partition coefficient (Wildman–Crippen LogP) is 2.47. The van der Waals surface area contributed by atoms with Crippen LogP contribution >= 0.6 is 11.3 Å². The molecule has 0 aliphatic rings. The van der Waals surface area contributed by atoms with E-state index in [-0.39, 0.29) is 5.97 Å². The third-order valence-corrected chi connectivity index (χ3v) is 3.94. The van der Waals surface area contributed by atoms with Crippen LogP contribution in [0.25, 0.3) is 0 Å². The van der Waals surface area contributed by atoms with E-state index in [0.717, 1.165) is 17.2 Å². The smallest absolute Gasteiger partial charge is 0.350 e. The highest BCUT2D eigenvalue weighted by Gasteiger charge is 2.19. The van der Waals surface area contributed by atoms with Gasteiger partial charge in [0.05, 0.1) is 12.8 Å². The first-order valence-corrected chi connectivity index (χ1v) is 6.11. The molecule has 0 fully saturated rings. The summed E-state index contributed by atoms with van der Waals surface area (Å²) in [4.78, 5) is 18.5. The van der Waals surface area contributed by atoms with Gasteiger partial charge in [-0.25, -0.2) is 9.78 Å². The molecule has 5 heteroatoms. The van der Waals surface area contributed by atoms with E-state index in [0.29, 0.717) is 10.9 Å². The van der Waals surface area contributed by atoms with Crippen LogP contribution in [0, 0.1) is 6.92 Å². The maximum Gasteiger partial charge on any atom is 0.350 e. The third kappa shape index (κ3) is 2.52. The summed E-state index contributed by atoms with van der Waals surface area (Å²) in [5.41, 5.74) is 0.738. The Morgan fingerprint density at radius 2 is 2.25 bits per heavy atom. The van der Waals surface area contributed by atoms with Crippen LogP contribution in [0.4, 0.5) is 5.13 Å². The number of carbonyl (C=O) groups excluding carboxylic acids is 1. The summed E-state index contributed by atoms with van der Waals surface area (Å²) in [6.45, 7) is 6.09. The first-order valence-electron chi connectivity index (χ1n) is 5.29. The van der Waals surface area contributed by atoms with Gasteiger partial charge in [-0.2, -0.15) is 0 Å². The number of hydrogen-bond donors (Lipinski definition) is 0. The van der Waals surface area contributed by atoms with Crippen LogP contribution < -0.4 is 4.90 Å². The average Bonchev–Trinajstić information content (AvgIpc) is 2.68. The van der Waals surface area contributed by atoms with E-state index in [1.54, 1.807) is 0 Å². The van der Waals surface area contributed by atoms with Gasteiger partial charge in [0.1, 0.15) is 4.88 Å². The van der Waals surface area contributed by atoms with Crippen LogP contribution in [0.1, 0.15) is 35.6 Å². The van der Waals surface area contributed by atoms with E-state index in [1.807, 2.05) is 14.0 Å². The summed E-state index contributed by atoms with van der Waals surface area (Å²) in [6, 6.07) is 0.413. The van der Waals surface area contributed by atoms with Crippen molar-refractivity contribution in [3.05, 3.63) is 10.6 Å². The minimum Gasteiger partial charge on any atom is -0.465 e. The summed E-state index contributed by atoms with van der Waals surface area (Å²) in [5.74, 6) is -0.307. The normalized spacial score (nSPS) is 12.3. The Morgan fingerprint density at radius 3 is 2.75 bits per heavy atom. The number of methoxy groups -OCH3 is 1. The number of aryl methyl sites for hydroxylation is 1. The molecule has 0 amide bonds. The number of hydrogen-bond acceptors (Lipinski definition) is 5. The number of aromatic nitrogens is 1. The standard InChI is InChI=1S/C11H18N2O2S/c1-6-7(2)13(4)11-12-8(3)9(16-11)10(14)15-5/h7H,6H2,1-5H3. The van der Waals surface area contributed by atoms with Crippen molar-refractivity contribution in [3.63, 3.8) is 0 Å². The van der Waals surface area contributed by atoms with Crippen molar-refractivity contribution < 1.29 is 9.53 Å². The fourth-order valence-electron chi connectivity index (χ4n) is 1.28. The summed E-state index contributed by atoms with van der Waals surface area (Å²) >= 11 is 1.38. The number of ether oxygens (including phenoxy) is 1. The van der Waals surface area contributed by atoms with E-state index in [1.165, 1.54) is 18.4 Å². The van der Waals surface area contributed by atoms with Gasteiger partial charge in [0.2, 0.25) is 0 Å². The minimum absolute atomic E-state index is 0.307. The van der Waals surface area contributed by atoms with Gasteiger partial charge in [0.15, 0.2) is 5.13 Å². The highest BCUT2D eigenvalue weighted by molar-refractivity contribution is 7.17. The van der Waals surface area contributed by atoms with Crippen LogP contribution in [0.2, 0.25) is 0 Å². The molecule has 1 aromatic rings. The van der Waals surface area contributed by atoms with Crippen molar-refractivity contribution in [2.24, 2.45) is 0 Å². The zero-order chi connectivity index (χ0) is 12.3. The number of rotatable bonds is 4. The maximum absolute atomic E-state index is 11.4. The quantitative estimate of drug-likeness (QED) is 0.761. The Labute approximate surface area is 100 Å². The van der Waals surface area contributed by atoms with Gasteiger partial charge in [-0.3, -0.25) is 0 Å². The van der Waals surface area contributed by atoms with Gasteiger partial charge >= 0.3 is 5.97 Å². The zero-order valence-corrected chi connectivity index (χ0v) is 11.2. The molecule has 0 aliphatic carbocycles. The van der Waals surface area contributed by atoms with E-state index in [9.17, 15) is 4.79 Å². The maximum atomic E-state index is 11.4. The highest BCUT2D eigenvalue weighted by Crippen LogP contribution is 2.27. The Morgan fingerprint density at radius 1 is 1.62 bits per heavy atom. The highest BCUT2D eigenvalue weighted by atomic mass is 32.1. The van der Waals surface area contributed by atoms with Crippen molar-refractivity contribution >= 4 is 22.4 Å². The molecule has 0 saturated carbocycles. The molecule has 0 aliphatic heterocycles. The average molecular weight is 242 g/mol. The number of nitrogens with zero attached hydrogens (tertiary/aromatic N) is 2. The lowest BCUT2D eigenvalue weighted by Gasteiger charge is -2.22. The molecule has 0 aromatic carbocycles. The second-order valence-corrected chi connectivity index (χ2v) is 4.75. The van der Waals surface area contributed by atoms with E-state index >= 15 is 0 Å². The summed E-state index contributed by atoms with van der Waals surface area (Å²) in [6.07, 6.45) is 1.04. The number of anilines is 1. The molecule has 0 radical (unpaired) electrons. The van der Waals surface area contributed by atoms with Gasteiger partial charge in [-0.15, -0.1) is 0 Å². The Balaban J connectivity index is 2.96. The monoisotopic (exact) mass is 242 g/mol. The molecule has 1 atom stereocenters. The largest absolute Gasteiger partial charge is 0.465 e. The van der Waals surface area contributed by atoms with Crippen LogP contribution in [0.3, 0.4) is 0 Å². The lowest BCUT2D eigenvalue weighted by molar-refractivity contribution is 0.0605. The van der Waals surface area contributed by atoms with Crippen molar-refractivity contribution in [1.29, 1.82) is 0 Å². The van der Waals surface area contributed by atoms with Crippen LogP contribution in [-0.2, 0) is 4.74 Å². The number of carbonyl (C=O) groups is 1. The number of thiazole rings is 1. The molecule has 90 valence electrons. The van der Waals surface area contributed by atoms with Crippen molar-refractivity contribution in [2.45, 2.75) is 33.2 Å². The zero-order valence-electron chi connectivity index (χ0n) is 10.4. The second kappa shape index (κ2) is 5.30. The fraction of sp³-hybridized carbons (Fsp3) is 0.636. The Kier molecular flexibility index (Phi) is 4.29. The predicted molar refractivity (Wildman–Crippen MR) is 66.3 cm³/mol. The van der Waals surface area contributed by atoms with Crippen LogP contribution in [-0.4, -0.2) is 31.2 Å². The summed E-state index contributed by atoms with van der Waals surface area (Å²) in [7, 11) is 3.38. The molecular weight excluding hydrogens is 224 g/mol. The second-order valence-electron chi connectivity index (χ2n) is 3.77. The van der Waals surface area contributed by atoms with Crippen LogP contribution in [0.15, 0.2) is 0 Å². The lowest BCUT2D eigenvalue weighted by Crippen LogP contribution is -2.27. The van der Waals surface area contributed by atoms with Crippen molar-refractivity contribution in [3.8, 4) is 0 Å². The van der Waals surface area contributed by atoms with Crippen molar-refractivity contribution in [1.82, 2.24) is 4.98 Å². The van der Waals surface area contributed by atoms with Gasteiger partial charge < -0.3 is 9.64 Å². The molecule has 0 N–H and O–H groups in total. The van der Waals surface area contributed by atoms with Gasteiger partial charge in [-0.1, -0.05) is 18.3 Å². The van der Waals surface area contributed by atoms with E-state index in [2.05, 4.69) is 23.7 Å². The summed E-state index contributed by atoms with van der Waals surface area (Å²) < 4.78 is 4.71. The first-order chi connectivity index (χ1) is 7.51. The summed E-state index contributed by atoms with van der Waals surface area (Å²) in [5, 5.41) is 0.868. The molecule has 0 bridgehead atoms. The third-order valence-electron chi connectivity index (χ3n) is 2.71. The van der Waals surface area contributed by atoms with E-state index in [4.69, 9.17) is 4.74 Å². The Hall–Kier alpha value is -1.10. The molecule has 0 spiro atoms. The van der Waals surface area contributed by atoms with E-state index < -0.39 is 0 Å². The molecule has 1 rings (SSSR count). The molecule has 1 heterocycles. The van der Waals surface area contributed by atoms with Gasteiger partial charge in [0, 0.05) is 13.1 Å².